The molecule has 0 aromatic heterocycles. The van der Waals surface area contributed by atoms with E-state index in [9.17, 15) is 0 Å². The van der Waals surface area contributed by atoms with Crippen LogP contribution in [-0.2, 0) is 0 Å². The molecule has 2 nitrogen and oxygen atoms in total. The molecular weight excluding hydrogens is 253 g/mol. The molecule has 1 atom stereocenters. The molecule has 1 unspecified atom stereocenters. The minimum atomic E-state index is 0.0873. The van der Waals surface area contributed by atoms with Crippen LogP contribution >= 0.6 is 35.8 Å². The van der Waals surface area contributed by atoms with Crippen LogP contribution in [0.1, 0.15) is 11.6 Å². The molecule has 1 aromatic carbocycles. The lowest BCUT2D eigenvalue weighted by Crippen LogP contribution is -2.18. The van der Waals surface area contributed by atoms with Crippen LogP contribution in [-0.4, -0.2) is 19.9 Å². The van der Waals surface area contributed by atoms with E-state index >= 15 is 0 Å². The molecule has 1 aromatic rings. The van der Waals surface area contributed by atoms with Gasteiger partial charge in [-0.15, -0.1) is 0 Å². The topological polar surface area (TPSA) is 21.3 Å². The molecule has 0 bridgehead atoms. The van der Waals surface area contributed by atoms with Crippen molar-refractivity contribution >= 4 is 35.8 Å². The standard InChI is InChI=1S/C10H13Cl2NOS/c1-13-9(5-15)6-3-8(12)10(14-2)4-7(6)11/h3-4,9,13,15H,5H2,1-2H3. The molecule has 0 saturated heterocycles. The lowest BCUT2D eigenvalue weighted by atomic mass is 10.1. The lowest BCUT2D eigenvalue weighted by molar-refractivity contribution is 0.414. The second kappa shape index (κ2) is 5.85. The van der Waals surface area contributed by atoms with Crippen LogP contribution in [0.25, 0.3) is 0 Å². The SMILES string of the molecule is CNC(CS)c1cc(Cl)c(OC)cc1Cl. The van der Waals surface area contributed by atoms with Crippen molar-refractivity contribution in [1.29, 1.82) is 0 Å². The highest BCUT2D eigenvalue weighted by Crippen LogP contribution is 2.34. The zero-order valence-corrected chi connectivity index (χ0v) is 11.0. The second-order valence-electron chi connectivity index (χ2n) is 3.03. The zero-order chi connectivity index (χ0) is 11.4. The fraction of sp³-hybridized carbons (Fsp3) is 0.400. The van der Waals surface area contributed by atoms with E-state index in [1.807, 2.05) is 7.05 Å². The smallest absolute Gasteiger partial charge is 0.138 e. The van der Waals surface area contributed by atoms with Gasteiger partial charge in [0.05, 0.1) is 12.1 Å². The third-order valence-corrected chi connectivity index (χ3v) is 3.17. The van der Waals surface area contributed by atoms with Crippen molar-refractivity contribution in [2.24, 2.45) is 0 Å². The summed E-state index contributed by atoms with van der Waals surface area (Å²) in [5, 5.41) is 4.30. The maximum Gasteiger partial charge on any atom is 0.138 e. The number of halogens is 2. The van der Waals surface area contributed by atoms with Gasteiger partial charge in [-0.2, -0.15) is 12.6 Å². The van der Waals surface area contributed by atoms with Crippen molar-refractivity contribution in [1.82, 2.24) is 5.32 Å². The van der Waals surface area contributed by atoms with Gasteiger partial charge < -0.3 is 10.1 Å². The molecule has 0 amide bonds. The number of methoxy groups -OCH3 is 1. The van der Waals surface area contributed by atoms with Crippen molar-refractivity contribution in [3.8, 4) is 5.75 Å². The van der Waals surface area contributed by atoms with Gasteiger partial charge in [-0.1, -0.05) is 23.2 Å². The third kappa shape index (κ3) is 2.94. The first kappa shape index (κ1) is 13.0. The maximum atomic E-state index is 6.12. The largest absolute Gasteiger partial charge is 0.495 e. The van der Waals surface area contributed by atoms with Gasteiger partial charge in [0.15, 0.2) is 0 Å². The molecule has 0 heterocycles. The van der Waals surface area contributed by atoms with Crippen LogP contribution < -0.4 is 10.1 Å². The Hall–Kier alpha value is -0.0900. The highest BCUT2D eigenvalue weighted by Gasteiger charge is 2.14. The van der Waals surface area contributed by atoms with Crippen LogP contribution in [0.2, 0.25) is 10.0 Å². The Morgan fingerprint density at radius 2 is 2.07 bits per heavy atom. The van der Waals surface area contributed by atoms with E-state index in [1.165, 1.54) is 0 Å². The fourth-order valence-corrected chi connectivity index (χ4v) is 2.23. The molecule has 0 fully saturated rings. The molecule has 0 aliphatic rings. The Bertz CT molecular complexity index is 342. The van der Waals surface area contributed by atoms with E-state index in [0.29, 0.717) is 21.5 Å². The number of benzene rings is 1. The first-order valence-electron chi connectivity index (χ1n) is 4.45. The summed E-state index contributed by atoms with van der Waals surface area (Å²) in [4.78, 5) is 0. The normalized spacial score (nSPS) is 12.6. The first-order valence-corrected chi connectivity index (χ1v) is 5.84. The average Bonchev–Trinajstić information content (AvgIpc) is 2.24. The van der Waals surface area contributed by atoms with Gasteiger partial charge >= 0.3 is 0 Å². The van der Waals surface area contributed by atoms with Gasteiger partial charge in [0.2, 0.25) is 0 Å². The second-order valence-corrected chi connectivity index (χ2v) is 4.21. The lowest BCUT2D eigenvalue weighted by Gasteiger charge is -2.17. The minimum Gasteiger partial charge on any atom is -0.495 e. The monoisotopic (exact) mass is 265 g/mol. The Kier molecular flexibility index (Phi) is 5.06. The average molecular weight is 266 g/mol. The number of nitrogens with one attached hydrogen (secondary N) is 1. The van der Waals surface area contributed by atoms with E-state index < -0.39 is 0 Å². The van der Waals surface area contributed by atoms with Crippen molar-refractivity contribution in [2.75, 3.05) is 19.9 Å². The van der Waals surface area contributed by atoms with Crippen LogP contribution in [0.5, 0.6) is 5.75 Å². The van der Waals surface area contributed by atoms with Crippen LogP contribution in [0.15, 0.2) is 12.1 Å². The van der Waals surface area contributed by atoms with Gasteiger partial charge in [-0.05, 0) is 18.7 Å². The summed E-state index contributed by atoms with van der Waals surface area (Å²) < 4.78 is 5.07. The summed E-state index contributed by atoms with van der Waals surface area (Å²) in [5.41, 5.74) is 0.931. The summed E-state index contributed by atoms with van der Waals surface area (Å²) >= 11 is 16.4. The van der Waals surface area contributed by atoms with Crippen LogP contribution in [0.4, 0.5) is 0 Å². The number of hydrogen-bond acceptors (Lipinski definition) is 3. The van der Waals surface area contributed by atoms with Gasteiger partial charge in [-0.25, -0.2) is 0 Å². The maximum absolute atomic E-state index is 6.12. The van der Waals surface area contributed by atoms with E-state index in [4.69, 9.17) is 27.9 Å². The van der Waals surface area contributed by atoms with Crippen molar-refractivity contribution in [3.63, 3.8) is 0 Å². The van der Waals surface area contributed by atoms with E-state index in [1.54, 1.807) is 19.2 Å². The summed E-state index contributed by atoms with van der Waals surface area (Å²) in [7, 11) is 3.42. The molecule has 0 radical (unpaired) electrons. The number of thiol groups is 1. The van der Waals surface area contributed by atoms with Crippen molar-refractivity contribution in [3.05, 3.63) is 27.7 Å². The van der Waals surface area contributed by atoms with Gasteiger partial charge in [-0.3, -0.25) is 0 Å². The summed E-state index contributed by atoms with van der Waals surface area (Å²) in [6.07, 6.45) is 0. The zero-order valence-electron chi connectivity index (χ0n) is 8.55. The Morgan fingerprint density at radius 1 is 1.40 bits per heavy atom. The molecule has 15 heavy (non-hydrogen) atoms. The van der Waals surface area contributed by atoms with Gasteiger partial charge in [0.1, 0.15) is 5.75 Å². The molecule has 5 heteroatoms. The van der Waals surface area contributed by atoms with E-state index in [0.717, 1.165) is 5.56 Å². The van der Waals surface area contributed by atoms with Crippen molar-refractivity contribution in [2.45, 2.75) is 6.04 Å². The van der Waals surface area contributed by atoms with Crippen molar-refractivity contribution < 1.29 is 4.74 Å². The molecule has 0 aliphatic carbocycles. The molecule has 84 valence electrons. The Balaban J connectivity index is 3.14. The summed E-state index contributed by atoms with van der Waals surface area (Å²) in [5.74, 6) is 1.23. The number of rotatable bonds is 4. The number of hydrogen-bond donors (Lipinski definition) is 2. The summed E-state index contributed by atoms with van der Waals surface area (Å²) in [6.45, 7) is 0. The molecule has 0 spiro atoms. The fourth-order valence-electron chi connectivity index (χ4n) is 1.31. The highest BCUT2D eigenvalue weighted by molar-refractivity contribution is 7.80. The number of ether oxygens (including phenoxy) is 1. The molecule has 1 N–H and O–H groups in total. The Labute approximate surface area is 105 Å². The van der Waals surface area contributed by atoms with E-state index in [2.05, 4.69) is 17.9 Å². The quantitative estimate of drug-likeness (QED) is 0.817. The predicted octanol–water partition coefficient (Wildman–Crippen LogP) is 3.19. The van der Waals surface area contributed by atoms with Crippen LogP contribution in [0.3, 0.4) is 0 Å². The molecule has 0 aliphatic heterocycles. The van der Waals surface area contributed by atoms with E-state index in [-0.39, 0.29) is 6.04 Å². The molecule has 0 saturated carbocycles. The minimum absolute atomic E-state index is 0.0873. The third-order valence-electron chi connectivity index (χ3n) is 2.18. The predicted molar refractivity (Wildman–Crippen MR) is 68.7 cm³/mol. The van der Waals surface area contributed by atoms with Crippen LogP contribution in [0, 0.1) is 0 Å². The highest BCUT2D eigenvalue weighted by atomic mass is 35.5. The molecule has 1 rings (SSSR count). The Morgan fingerprint density at radius 3 is 2.53 bits per heavy atom. The molecular formula is C10H13Cl2NOS. The first-order chi connectivity index (χ1) is 7.13. The summed E-state index contributed by atoms with van der Waals surface area (Å²) in [6, 6.07) is 3.61. The van der Waals surface area contributed by atoms with Gasteiger partial charge in [0, 0.05) is 22.9 Å². The van der Waals surface area contributed by atoms with Gasteiger partial charge in [0.25, 0.3) is 0 Å².